The second kappa shape index (κ2) is 9.01. The van der Waals surface area contributed by atoms with Crippen LogP contribution in [-0.2, 0) is 4.79 Å². The van der Waals surface area contributed by atoms with Gasteiger partial charge in [-0.1, -0.05) is 35.6 Å². The minimum atomic E-state index is 0.0168. The fourth-order valence-electron chi connectivity index (χ4n) is 3.96. The Hall–Kier alpha value is -3.38. The average Bonchev–Trinajstić information content (AvgIpc) is 3.24. The fourth-order valence-corrected chi connectivity index (χ4v) is 5.08. The van der Waals surface area contributed by atoms with Crippen LogP contribution >= 0.6 is 11.3 Å². The highest BCUT2D eigenvalue weighted by Gasteiger charge is 2.26. The number of thiazole rings is 1. The van der Waals surface area contributed by atoms with E-state index in [1.54, 1.807) is 11.3 Å². The van der Waals surface area contributed by atoms with Gasteiger partial charge in [-0.05, 0) is 73.9 Å². The molecule has 1 fully saturated rings. The van der Waals surface area contributed by atoms with Gasteiger partial charge in [0.15, 0.2) is 5.13 Å². The maximum absolute atomic E-state index is 12.8. The van der Waals surface area contributed by atoms with Crippen molar-refractivity contribution in [2.45, 2.75) is 19.8 Å². The Morgan fingerprint density at radius 2 is 1.72 bits per heavy atom. The van der Waals surface area contributed by atoms with Crippen molar-refractivity contribution in [3.05, 3.63) is 78.4 Å². The first-order chi connectivity index (χ1) is 15.6. The third-order valence-electron chi connectivity index (χ3n) is 5.77. The topological polar surface area (TPSA) is 54.5 Å². The van der Waals surface area contributed by atoms with Crippen molar-refractivity contribution in [2.75, 3.05) is 23.3 Å². The zero-order chi connectivity index (χ0) is 21.9. The van der Waals surface area contributed by atoms with Crippen LogP contribution in [0.5, 0.6) is 11.5 Å². The molecule has 3 aromatic carbocycles. The zero-order valence-corrected chi connectivity index (χ0v) is 18.8. The number of anilines is 2. The third kappa shape index (κ3) is 4.60. The van der Waals surface area contributed by atoms with Gasteiger partial charge in [-0.2, -0.15) is 0 Å². The molecule has 0 bridgehead atoms. The number of ether oxygens (including phenoxy) is 1. The summed E-state index contributed by atoms with van der Waals surface area (Å²) in [5.41, 5.74) is 3.09. The number of piperidine rings is 1. The molecule has 4 aromatic rings. The number of nitrogens with zero attached hydrogens (tertiary/aromatic N) is 2. The number of hydrogen-bond donors (Lipinski definition) is 1. The molecule has 0 radical (unpaired) electrons. The van der Waals surface area contributed by atoms with Gasteiger partial charge < -0.3 is 15.0 Å². The second-order valence-electron chi connectivity index (χ2n) is 8.16. The van der Waals surface area contributed by atoms with Crippen LogP contribution in [0.2, 0.25) is 0 Å². The van der Waals surface area contributed by atoms with Crippen molar-refractivity contribution >= 4 is 38.3 Å². The van der Waals surface area contributed by atoms with E-state index < -0.39 is 0 Å². The molecule has 0 unspecified atom stereocenters. The predicted octanol–water partition coefficient (Wildman–Crippen LogP) is 6.25. The summed E-state index contributed by atoms with van der Waals surface area (Å²) in [7, 11) is 0. The number of rotatable bonds is 5. The molecule has 0 atom stereocenters. The molecular weight excluding hydrogens is 418 g/mol. The minimum absolute atomic E-state index is 0.0168. The number of nitrogens with one attached hydrogen (secondary N) is 1. The second-order valence-corrected chi connectivity index (χ2v) is 9.17. The van der Waals surface area contributed by atoms with Crippen molar-refractivity contribution < 1.29 is 9.53 Å². The Labute approximate surface area is 191 Å². The standard InChI is InChI=1S/C26H25N3O2S/c1-18-7-12-23-24(17-18)32-26(28-23)29-15-13-19(14-16-29)25(30)27-20-8-10-22(11-9-20)31-21-5-3-2-4-6-21/h2-12,17,19H,13-16H2,1H3,(H,27,30). The number of aryl methyl sites for hydroxylation is 1. The van der Waals surface area contributed by atoms with Crippen LogP contribution in [0.3, 0.4) is 0 Å². The monoisotopic (exact) mass is 443 g/mol. The molecule has 2 heterocycles. The molecule has 0 aliphatic carbocycles. The largest absolute Gasteiger partial charge is 0.457 e. The van der Waals surface area contributed by atoms with Gasteiger partial charge in [0.1, 0.15) is 11.5 Å². The average molecular weight is 444 g/mol. The van der Waals surface area contributed by atoms with Gasteiger partial charge in [-0.3, -0.25) is 4.79 Å². The number of benzene rings is 3. The first-order valence-electron chi connectivity index (χ1n) is 10.9. The number of carbonyl (C=O) groups is 1. The highest BCUT2D eigenvalue weighted by atomic mass is 32.1. The van der Waals surface area contributed by atoms with Crippen molar-refractivity contribution in [1.82, 2.24) is 4.98 Å². The summed E-state index contributed by atoms with van der Waals surface area (Å²) in [6.07, 6.45) is 1.66. The Morgan fingerprint density at radius 3 is 2.47 bits per heavy atom. The molecule has 1 aromatic heterocycles. The number of hydrogen-bond acceptors (Lipinski definition) is 5. The number of fused-ring (bicyclic) bond motifs is 1. The van der Waals surface area contributed by atoms with Gasteiger partial charge in [0.2, 0.25) is 5.91 Å². The molecule has 5 rings (SSSR count). The van der Waals surface area contributed by atoms with Gasteiger partial charge >= 0.3 is 0 Å². The Kier molecular flexibility index (Phi) is 5.77. The van der Waals surface area contributed by atoms with Gasteiger partial charge in [0.05, 0.1) is 10.2 Å². The van der Waals surface area contributed by atoms with Crippen LogP contribution < -0.4 is 15.0 Å². The van der Waals surface area contributed by atoms with Crippen LogP contribution in [0.25, 0.3) is 10.2 Å². The van der Waals surface area contributed by atoms with Gasteiger partial charge in [-0.15, -0.1) is 0 Å². The molecular formula is C26H25N3O2S. The zero-order valence-electron chi connectivity index (χ0n) is 18.0. The summed E-state index contributed by atoms with van der Waals surface area (Å²) >= 11 is 1.73. The lowest BCUT2D eigenvalue weighted by Crippen LogP contribution is -2.38. The maximum Gasteiger partial charge on any atom is 0.227 e. The fraction of sp³-hybridized carbons (Fsp3) is 0.231. The minimum Gasteiger partial charge on any atom is -0.457 e. The summed E-state index contributed by atoms with van der Waals surface area (Å²) in [6.45, 7) is 3.80. The smallest absolute Gasteiger partial charge is 0.227 e. The van der Waals surface area contributed by atoms with Gasteiger partial charge in [0, 0.05) is 24.7 Å². The first-order valence-corrected chi connectivity index (χ1v) is 11.7. The number of aromatic nitrogens is 1. The van der Waals surface area contributed by atoms with Gasteiger partial charge in [-0.25, -0.2) is 4.98 Å². The first kappa shape index (κ1) is 20.5. The molecule has 0 saturated carbocycles. The van der Waals surface area contributed by atoms with Crippen LogP contribution in [0.15, 0.2) is 72.8 Å². The van der Waals surface area contributed by atoms with E-state index in [-0.39, 0.29) is 11.8 Å². The molecule has 1 aliphatic heterocycles. The Bertz CT molecular complexity index is 1210. The predicted molar refractivity (Wildman–Crippen MR) is 131 cm³/mol. The van der Waals surface area contributed by atoms with Crippen molar-refractivity contribution in [3.63, 3.8) is 0 Å². The molecule has 0 spiro atoms. The molecule has 5 nitrogen and oxygen atoms in total. The molecule has 162 valence electrons. The van der Waals surface area contributed by atoms with E-state index in [9.17, 15) is 4.79 Å². The van der Waals surface area contributed by atoms with Crippen molar-refractivity contribution in [3.8, 4) is 11.5 Å². The Morgan fingerprint density at radius 1 is 1.00 bits per heavy atom. The maximum atomic E-state index is 12.8. The normalized spacial score (nSPS) is 14.5. The number of carbonyl (C=O) groups excluding carboxylic acids is 1. The summed E-state index contributed by atoms with van der Waals surface area (Å²) in [5.74, 6) is 1.64. The van der Waals surface area contributed by atoms with E-state index in [0.717, 1.165) is 53.8 Å². The molecule has 6 heteroatoms. The Balaban J connectivity index is 1.15. The lowest BCUT2D eigenvalue weighted by atomic mass is 9.96. The van der Waals surface area contributed by atoms with E-state index in [2.05, 4.69) is 35.3 Å². The lowest BCUT2D eigenvalue weighted by molar-refractivity contribution is -0.120. The summed E-state index contributed by atoms with van der Waals surface area (Å²) in [4.78, 5) is 19.9. The van der Waals surface area contributed by atoms with Crippen molar-refractivity contribution in [2.24, 2.45) is 5.92 Å². The van der Waals surface area contributed by atoms with Crippen LogP contribution in [0.4, 0.5) is 10.8 Å². The van der Waals surface area contributed by atoms with Crippen LogP contribution in [-0.4, -0.2) is 24.0 Å². The van der Waals surface area contributed by atoms with E-state index >= 15 is 0 Å². The lowest BCUT2D eigenvalue weighted by Gasteiger charge is -2.31. The third-order valence-corrected chi connectivity index (χ3v) is 6.85. The van der Waals surface area contributed by atoms with E-state index in [1.807, 2.05) is 54.6 Å². The van der Waals surface area contributed by atoms with Crippen molar-refractivity contribution in [1.29, 1.82) is 0 Å². The highest BCUT2D eigenvalue weighted by molar-refractivity contribution is 7.22. The molecule has 32 heavy (non-hydrogen) atoms. The summed E-state index contributed by atoms with van der Waals surface area (Å²) in [5, 5.41) is 4.11. The van der Waals surface area contributed by atoms with E-state index in [0.29, 0.717) is 0 Å². The summed E-state index contributed by atoms with van der Waals surface area (Å²) < 4.78 is 7.04. The van der Waals surface area contributed by atoms with Crippen LogP contribution in [0.1, 0.15) is 18.4 Å². The van der Waals surface area contributed by atoms with E-state index in [4.69, 9.17) is 9.72 Å². The van der Waals surface area contributed by atoms with Gasteiger partial charge in [0.25, 0.3) is 0 Å². The molecule has 1 saturated heterocycles. The SMILES string of the molecule is Cc1ccc2nc(N3CCC(C(=O)Nc4ccc(Oc5ccccc5)cc4)CC3)sc2c1. The van der Waals surface area contributed by atoms with E-state index in [1.165, 1.54) is 10.3 Å². The summed E-state index contributed by atoms with van der Waals surface area (Å²) in [6, 6.07) is 23.5. The molecule has 1 amide bonds. The van der Waals surface area contributed by atoms with Crippen LogP contribution in [0, 0.1) is 12.8 Å². The number of amides is 1. The quantitative estimate of drug-likeness (QED) is 0.396. The molecule has 1 N–H and O–H groups in total. The molecule has 1 aliphatic rings. The highest BCUT2D eigenvalue weighted by Crippen LogP contribution is 2.32. The number of para-hydroxylation sites is 1.